The fraction of sp³-hybridized carbons (Fsp3) is 0.161. The van der Waals surface area contributed by atoms with Crippen LogP contribution >= 0.6 is 11.8 Å². The number of benzene rings is 4. The van der Waals surface area contributed by atoms with Gasteiger partial charge in [-0.05, 0) is 70.3 Å². The molecule has 1 fully saturated rings. The Kier molecular flexibility index (Phi) is 7.57. The Hall–Kier alpha value is -4.03. The lowest BCUT2D eigenvalue weighted by Gasteiger charge is -2.13. The van der Waals surface area contributed by atoms with Crippen LogP contribution in [0.1, 0.15) is 23.1 Å². The fourth-order valence-electron chi connectivity index (χ4n) is 4.40. The molecule has 4 aromatic rings. The molecular weight excluding hydrogens is 482 g/mol. The Labute approximate surface area is 220 Å². The highest BCUT2D eigenvalue weighted by Crippen LogP contribution is 2.35. The fourth-order valence-corrected chi connectivity index (χ4v) is 5.26. The molecule has 5 rings (SSSR count). The molecule has 37 heavy (non-hydrogen) atoms. The molecule has 0 saturated carbocycles. The summed E-state index contributed by atoms with van der Waals surface area (Å²) < 4.78 is 11.7. The maximum absolute atomic E-state index is 12.9. The van der Waals surface area contributed by atoms with Crippen molar-refractivity contribution >= 4 is 39.8 Å². The average Bonchev–Trinajstić information content (AvgIpc) is 3.20. The van der Waals surface area contributed by atoms with Gasteiger partial charge in [-0.1, -0.05) is 78.9 Å². The number of ether oxygens (including phenoxy) is 2. The van der Waals surface area contributed by atoms with Crippen molar-refractivity contribution in [3.8, 4) is 11.5 Å². The molecule has 2 amide bonds. The predicted octanol–water partition coefficient (Wildman–Crippen LogP) is 7.10. The molecular formula is C31H27NO4S. The van der Waals surface area contributed by atoms with Crippen molar-refractivity contribution in [2.24, 2.45) is 0 Å². The van der Waals surface area contributed by atoms with Crippen molar-refractivity contribution in [3.05, 3.63) is 113 Å². The van der Waals surface area contributed by atoms with E-state index in [9.17, 15) is 9.59 Å². The molecule has 1 aliphatic rings. The molecule has 1 heterocycles. The molecule has 0 aromatic heterocycles. The first kappa shape index (κ1) is 24.7. The Bertz CT molecular complexity index is 1460. The van der Waals surface area contributed by atoms with Crippen molar-refractivity contribution < 1.29 is 19.1 Å². The van der Waals surface area contributed by atoms with Gasteiger partial charge in [-0.2, -0.15) is 0 Å². The SMILES string of the molecule is COc1cc(/C=C2/SC(=O)N(CCCc3ccccc3)C2=O)ccc1OCc1cccc2ccccc12. The van der Waals surface area contributed by atoms with Gasteiger partial charge in [0, 0.05) is 6.54 Å². The van der Waals surface area contributed by atoms with E-state index >= 15 is 0 Å². The monoisotopic (exact) mass is 509 g/mol. The number of hydrogen-bond donors (Lipinski definition) is 0. The summed E-state index contributed by atoms with van der Waals surface area (Å²) in [6.45, 7) is 0.806. The van der Waals surface area contributed by atoms with Crippen LogP contribution in [0.2, 0.25) is 0 Å². The quantitative estimate of drug-likeness (QED) is 0.225. The molecule has 0 spiro atoms. The van der Waals surface area contributed by atoms with E-state index in [2.05, 4.69) is 36.4 Å². The van der Waals surface area contributed by atoms with Crippen molar-refractivity contribution in [3.63, 3.8) is 0 Å². The zero-order valence-electron chi connectivity index (χ0n) is 20.6. The van der Waals surface area contributed by atoms with Crippen LogP contribution in [0.15, 0.2) is 95.9 Å². The van der Waals surface area contributed by atoms with Crippen LogP contribution in [0.5, 0.6) is 11.5 Å². The molecule has 0 atom stereocenters. The van der Waals surface area contributed by atoms with Gasteiger partial charge in [0.15, 0.2) is 11.5 Å². The lowest BCUT2D eigenvalue weighted by Crippen LogP contribution is -2.29. The number of thioether (sulfide) groups is 1. The van der Waals surface area contributed by atoms with Crippen LogP contribution in [0, 0.1) is 0 Å². The van der Waals surface area contributed by atoms with Crippen molar-refractivity contribution in [2.45, 2.75) is 19.4 Å². The van der Waals surface area contributed by atoms with Gasteiger partial charge in [0.25, 0.3) is 11.1 Å². The van der Waals surface area contributed by atoms with Gasteiger partial charge in [-0.25, -0.2) is 0 Å². The normalized spacial score (nSPS) is 14.5. The van der Waals surface area contributed by atoms with Crippen molar-refractivity contribution in [1.82, 2.24) is 4.90 Å². The zero-order chi connectivity index (χ0) is 25.6. The van der Waals surface area contributed by atoms with Crippen molar-refractivity contribution in [2.75, 3.05) is 13.7 Å². The second-order valence-corrected chi connectivity index (χ2v) is 9.75. The first-order valence-corrected chi connectivity index (χ1v) is 13.0. The summed E-state index contributed by atoms with van der Waals surface area (Å²) in [5, 5.41) is 2.09. The maximum Gasteiger partial charge on any atom is 0.293 e. The standard InChI is InChI=1S/C31H27NO4S/c1-35-28-19-23(16-17-27(28)36-21-25-14-7-13-24-12-5-6-15-26(24)25)20-29-30(33)32(31(34)37-29)18-8-11-22-9-3-2-4-10-22/h2-7,9-10,12-17,19-20H,8,11,18,21H2,1H3/b29-20+. The predicted molar refractivity (Wildman–Crippen MR) is 149 cm³/mol. The largest absolute Gasteiger partial charge is 0.493 e. The third-order valence-corrected chi connectivity index (χ3v) is 7.22. The summed E-state index contributed by atoms with van der Waals surface area (Å²) in [5.41, 5.74) is 3.05. The van der Waals surface area contributed by atoms with Crippen LogP contribution in [-0.4, -0.2) is 29.7 Å². The minimum Gasteiger partial charge on any atom is -0.493 e. The summed E-state index contributed by atoms with van der Waals surface area (Å²) in [5.74, 6) is 0.927. The van der Waals surface area contributed by atoms with Gasteiger partial charge < -0.3 is 9.47 Å². The second-order valence-electron chi connectivity index (χ2n) is 8.76. The molecule has 0 aliphatic carbocycles. The molecule has 186 valence electrons. The van der Waals surface area contributed by atoms with E-state index in [0.717, 1.165) is 41.1 Å². The highest BCUT2D eigenvalue weighted by atomic mass is 32.2. The van der Waals surface area contributed by atoms with Crippen LogP contribution in [0.3, 0.4) is 0 Å². The molecule has 0 radical (unpaired) electrons. The molecule has 0 unspecified atom stereocenters. The number of amides is 2. The molecule has 0 bridgehead atoms. The van der Waals surface area contributed by atoms with E-state index in [1.165, 1.54) is 15.8 Å². The van der Waals surface area contributed by atoms with E-state index < -0.39 is 0 Å². The zero-order valence-corrected chi connectivity index (χ0v) is 21.4. The van der Waals surface area contributed by atoms with Gasteiger partial charge in [-0.3, -0.25) is 14.5 Å². The van der Waals surface area contributed by atoms with Gasteiger partial charge in [0.2, 0.25) is 0 Å². The number of hydrogen-bond acceptors (Lipinski definition) is 5. The van der Waals surface area contributed by atoms with Crippen LogP contribution in [0.25, 0.3) is 16.8 Å². The number of imide groups is 1. The van der Waals surface area contributed by atoms with Gasteiger partial charge in [0.05, 0.1) is 12.0 Å². The first-order valence-electron chi connectivity index (χ1n) is 12.2. The average molecular weight is 510 g/mol. The van der Waals surface area contributed by atoms with Crippen LogP contribution in [-0.2, 0) is 17.8 Å². The second kappa shape index (κ2) is 11.4. The van der Waals surface area contributed by atoms with E-state index in [-0.39, 0.29) is 11.1 Å². The van der Waals surface area contributed by atoms with E-state index in [4.69, 9.17) is 9.47 Å². The first-order chi connectivity index (χ1) is 18.1. The summed E-state index contributed by atoms with van der Waals surface area (Å²) in [6.07, 6.45) is 3.28. The highest BCUT2D eigenvalue weighted by molar-refractivity contribution is 8.18. The van der Waals surface area contributed by atoms with Gasteiger partial charge >= 0.3 is 0 Å². The number of nitrogens with zero attached hydrogens (tertiary/aromatic N) is 1. The Morgan fingerprint density at radius 2 is 1.65 bits per heavy atom. The molecule has 1 saturated heterocycles. The number of carbonyl (C=O) groups excluding carboxylic acids is 2. The molecule has 0 N–H and O–H groups in total. The number of methoxy groups -OCH3 is 1. The lowest BCUT2D eigenvalue weighted by atomic mass is 10.1. The van der Waals surface area contributed by atoms with Crippen LogP contribution in [0.4, 0.5) is 4.79 Å². The molecule has 1 aliphatic heterocycles. The van der Waals surface area contributed by atoms with Gasteiger partial charge in [0.1, 0.15) is 6.61 Å². The number of fused-ring (bicyclic) bond motifs is 1. The topological polar surface area (TPSA) is 55.8 Å². The van der Waals surface area contributed by atoms with E-state index in [1.54, 1.807) is 13.2 Å². The molecule has 5 nitrogen and oxygen atoms in total. The number of aryl methyl sites for hydroxylation is 1. The third-order valence-electron chi connectivity index (χ3n) is 6.31. The molecule has 6 heteroatoms. The van der Waals surface area contributed by atoms with Crippen LogP contribution < -0.4 is 9.47 Å². The van der Waals surface area contributed by atoms with E-state index in [1.807, 2.05) is 54.6 Å². The highest BCUT2D eigenvalue weighted by Gasteiger charge is 2.34. The third kappa shape index (κ3) is 5.70. The Balaban J connectivity index is 1.25. The lowest BCUT2D eigenvalue weighted by molar-refractivity contribution is -0.122. The maximum atomic E-state index is 12.9. The summed E-state index contributed by atoms with van der Waals surface area (Å²) in [7, 11) is 1.59. The Morgan fingerprint density at radius 1 is 0.865 bits per heavy atom. The van der Waals surface area contributed by atoms with Gasteiger partial charge in [-0.15, -0.1) is 0 Å². The summed E-state index contributed by atoms with van der Waals surface area (Å²) >= 11 is 0.976. The Morgan fingerprint density at radius 3 is 2.49 bits per heavy atom. The number of rotatable bonds is 9. The van der Waals surface area contributed by atoms with E-state index in [0.29, 0.717) is 29.6 Å². The molecule has 4 aromatic carbocycles. The summed E-state index contributed by atoms with van der Waals surface area (Å²) in [4.78, 5) is 27.2. The smallest absolute Gasteiger partial charge is 0.293 e. The minimum atomic E-state index is -0.252. The number of carbonyl (C=O) groups is 2. The summed E-state index contributed by atoms with van der Waals surface area (Å²) in [6, 6.07) is 30.0. The minimum absolute atomic E-state index is 0.230. The van der Waals surface area contributed by atoms with Crippen molar-refractivity contribution in [1.29, 1.82) is 0 Å².